The Morgan fingerprint density at radius 3 is 2.77 bits per heavy atom. The van der Waals surface area contributed by atoms with Crippen LogP contribution in [0.2, 0.25) is 0 Å². The molecule has 1 N–H and O–H groups in total. The van der Waals surface area contributed by atoms with Crippen molar-refractivity contribution in [3.63, 3.8) is 0 Å². The number of aromatic nitrogens is 1. The number of benzene rings is 1. The molecule has 0 unspecified atom stereocenters. The van der Waals surface area contributed by atoms with E-state index in [0.717, 1.165) is 11.3 Å². The second-order valence-corrected chi connectivity index (χ2v) is 4.93. The summed E-state index contributed by atoms with van der Waals surface area (Å²) >= 11 is 0. The first-order valence-corrected chi connectivity index (χ1v) is 6.69. The predicted octanol–water partition coefficient (Wildman–Crippen LogP) is 3.10. The van der Waals surface area contributed by atoms with E-state index in [-0.39, 0.29) is 11.8 Å². The molecule has 0 fully saturated rings. The second-order valence-electron chi connectivity index (χ2n) is 4.93. The highest BCUT2D eigenvalue weighted by atomic mass is 19.1. The van der Waals surface area contributed by atoms with Crippen molar-refractivity contribution in [1.29, 1.82) is 0 Å². The number of carbonyl (C=O) groups is 1. The van der Waals surface area contributed by atoms with E-state index in [0.29, 0.717) is 18.0 Å². The predicted molar refractivity (Wildman–Crippen MR) is 79.4 cm³/mol. The van der Waals surface area contributed by atoms with E-state index in [9.17, 15) is 9.18 Å². The largest absolute Gasteiger partial charge is 0.494 e. The Hall–Kier alpha value is -2.57. The lowest BCUT2D eigenvalue weighted by Crippen LogP contribution is -2.31. The molecule has 0 atom stereocenters. The van der Waals surface area contributed by atoms with Crippen molar-refractivity contribution >= 4 is 11.7 Å². The maximum atomic E-state index is 13.2. The van der Waals surface area contributed by atoms with E-state index in [1.165, 1.54) is 30.2 Å². The fourth-order valence-corrected chi connectivity index (χ4v) is 2.02. The van der Waals surface area contributed by atoms with E-state index in [4.69, 9.17) is 9.26 Å². The van der Waals surface area contributed by atoms with E-state index >= 15 is 0 Å². The van der Waals surface area contributed by atoms with E-state index < -0.39 is 5.82 Å². The standard InChI is InChI=1S/C15H18FN3O3/c1-9-12(10(2)22-18-9)8-19(3)15(20)17-13-6-5-11(16)7-14(13)21-4/h5-7H,8H2,1-4H3,(H,17,20). The highest BCUT2D eigenvalue weighted by molar-refractivity contribution is 5.90. The molecule has 118 valence electrons. The number of carbonyl (C=O) groups excluding carboxylic acids is 1. The zero-order valence-corrected chi connectivity index (χ0v) is 12.9. The number of hydrogen-bond donors (Lipinski definition) is 1. The molecule has 0 bridgehead atoms. The van der Waals surface area contributed by atoms with Crippen LogP contribution in [-0.4, -0.2) is 30.2 Å². The van der Waals surface area contributed by atoms with Crippen LogP contribution in [0, 0.1) is 19.7 Å². The molecule has 0 aliphatic heterocycles. The van der Waals surface area contributed by atoms with E-state index in [2.05, 4.69) is 10.5 Å². The van der Waals surface area contributed by atoms with Gasteiger partial charge in [0.25, 0.3) is 0 Å². The van der Waals surface area contributed by atoms with Gasteiger partial charge in [0, 0.05) is 18.7 Å². The molecule has 6 nitrogen and oxygen atoms in total. The third kappa shape index (κ3) is 3.36. The summed E-state index contributed by atoms with van der Waals surface area (Å²) in [7, 11) is 3.06. The fourth-order valence-electron chi connectivity index (χ4n) is 2.02. The lowest BCUT2D eigenvalue weighted by Gasteiger charge is -2.19. The van der Waals surface area contributed by atoms with Crippen LogP contribution in [-0.2, 0) is 6.54 Å². The Kier molecular flexibility index (Phi) is 4.65. The number of aryl methyl sites for hydroxylation is 2. The Labute approximate surface area is 127 Å². The minimum absolute atomic E-state index is 0.263. The van der Waals surface area contributed by atoms with Crippen molar-refractivity contribution in [2.45, 2.75) is 20.4 Å². The molecule has 0 spiro atoms. The molecule has 0 saturated carbocycles. The van der Waals surface area contributed by atoms with Crippen LogP contribution in [0.25, 0.3) is 0 Å². The number of rotatable bonds is 4. The Morgan fingerprint density at radius 2 is 2.18 bits per heavy atom. The van der Waals surface area contributed by atoms with Crippen LogP contribution in [0.15, 0.2) is 22.7 Å². The average Bonchev–Trinajstić information content (AvgIpc) is 2.80. The van der Waals surface area contributed by atoms with Gasteiger partial charge in [0.15, 0.2) is 0 Å². The van der Waals surface area contributed by atoms with Crippen LogP contribution in [0.5, 0.6) is 5.75 Å². The normalized spacial score (nSPS) is 10.4. The lowest BCUT2D eigenvalue weighted by atomic mass is 10.2. The molecular weight excluding hydrogens is 289 g/mol. The van der Waals surface area contributed by atoms with Gasteiger partial charge in [-0.15, -0.1) is 0 Å². The molecule has 2 amide bonds. The SMILES string of the molecule is COc1cc(F)ccc1NC(=O)N(C)Cc1c(C)noc1C. The minimum atomic E-state index is -0.432. The molecule has 0 aliphatic rings. The number of halogens is 1. The molecular formula is C15H18FN3O3. The van der Waals surface area contributed by atoms with Crippen molar-refractivity contribution in [1.82, 2.24) is 10.1 Å². The first-order valence-electron chi connectivity index (χ1n) is 6.69. The van der Waals surface area contributed by atoms with Crippen LogP contribution < -0.4 is 10.1 Å². The molecule has 7 heteroatoms. The van der Waals surface area contributed by atoms with Gasteiger partial charge in [-0.3, -0.25) is 0 Å². The van der Waals surface area contributed by atoms with Crippen molar-refractivity contribution < 1.29 is 18.4 Å². The summed E-state index contributed by atoms with van der Waals surface area (Å²) in [4.78, 5) is 13.7. The zero-order valence-electron chi connectivity index (χ0n) is 12.9. The molecule has 22 heavy (non-hydrogen) atoms. The highest BCUT2D eigenvalue weighted by Gasteiger charge is 2.16. The summed E-state index contributed by atoms with van der Waals surface area (Å²) in [5.41, 5.74) is 2.01. The minimum Gasteiger partial charge on any atom is -0.494 e. The Balaban J connectivity index is 2.09. The summed E-state index contributed by atoms with van der Waals surface area (Å²) in [6.45, 7) is 3.97. The summed E-state index contributed by atoms with van der Waals surface area (Å²) in [6, 6.07) is 3.58. The van der Waals surface area contributed by atoms with Gasteiger partial charge in [0.05, 0.1) is 25.0 Å². The number of nitrogens with one attached hydrogen (secondary N) is 1. The molecule has 1 heterocycles. The summed E-state index contributed by atoms with van der Waals surface area (Å²) in [6.07, 6.45) is 0. The van der Waals surface area contributed by atoms with Gasteiger partial charge in [0.2, 0.25) is 0 Å². The zero-order chi connectivity index (χ0) is 16.3. The molecule has 2 rings (SSSR count). The number of urea groups is 1. The van der Waals surface area contributed by atoms with E-state index in [1.54, 1.807) is 14.0 Å². The van der Waals surface area contributed by atoms with Gasteiger partial charge in [0.1, 0.15) is 17.3 Å². The van der Waals surface area contributed by atoms with Crippen LogP contribution in [0.4, 0.5) is 14.9 Å². The smallest absolute Gasteiger partial charge is 0.321 e. The maximum Gasteiger partial charge on any atom is 0.321 e. The first-order chi connectivity index (χ1) is 10.4. The molecule has 0 radical (unpaired) electrons. The van der Waals surface area contributed by atoms with E-state index in [1.807, 2.05) is 6.92 Å². The van der Waals surface area contributed by atoms with Gasteiger partial charge >= 0.3 is 6.03 Å². The van der Waals surface area contributed by atoms with Crippen molar-refractivity contribution in [3.05, 3.63) is 41.0 Å². The molecule has 1 aromatic carbocycles. The number of hydrogen-bond acceptors (Lipinski definition) is 4. The third-order valence-corrected chi connectivity index (χ3v) is 3.33. The molecule has 2 aromatic rings. The molecule has 0 aliphatic carbocycles. The summed E-state index contributed by atoms with van der Waals surface area (Å²) in [5.74, 6) is 0.509. The quantitative estimate of drug-likeness (QED) is 0.942. The summed E-state index contributed by atoms with van der Waals surface area (Å²) in [5, 5.41) is 6.54. The first kappa shape index (κ1) is 15.8. The fraction of sp³-hybridized carbons (Fsp3) is 0.333. The number of anilines is 1. The average molecular weight is 307 g/mol. The molecule has 1 aromatic heterocycles. The van der Waals surface area contributed by atoms with Crippen molar-refractivity contribution in [2.24, 2.45) is 0 Å². The lowest BCUT2D eigenvalue weighted by molar-refractivity contribution is 0.220. The van der Waals surface area contributed by atoms with Gasteiger partial charge in [-0.2, -0.15) is 0 Å². The van der Waals surface area contributed by atoms with Gasteiger partial charge in [-0.1, -0.05) is 5.16 Å². The Morgan fingerprint density at radius 1 is 1.45 bits per heavy atom. The van der Waals surface area contributed by atoms with Crippen LogP contribution in [0.3, 0.4) is 0 Å². The topological polar surface area (TPSA) is 67.6 Å². The van der Waals surface area contributed by atoms with Crippen molar-refractivity contribution in [3.8, 4) is 5.75 Å². The van der Waals surface area contributed by atoms with Gasteiger partial charge in [-0.05, 0) is 26.0 Å². The number of methoxy groups -OCH3 is 1. The number of amides is 2. The number of ether oxygens (including phenoxy) is 1. The Bertz CT molecular complexity index is 665. The highest BCUT2D eigenvalue weighted by Crippen LogP contribution is 2.25. The van der Waals surface area contributed by atoms with Gasteiger partial charge in [-0.25, -0.2) is 9.18 Å². The van der Waals surface area contributed by atoms with Crippen LogP contribution >= 0.6 is 0 Å². The van der Waals surface area contributed by atoms with Crippen LogP contribution in [0.1, 0.15) is 17.0 Å². The maximum absolute atomic E-state index is 13.2. The number of nitrogens with zero attached hydrogens (tertiary/aromatic N) is 2. The summed E-state index contributed by atoms with van der Waals surface area (Å²) < 4.78 is 23.3. The van der Waals surface area contributed by atoms with Crippen molar-refractivity contribution in [2.75, 3.05) is 19.5 Å². The monoisotopic (exact) mass is 307 g/mol. The molecule has 0 saturated heterocycles. The second kappa shape index (κ2) is 6.46. The van der Waals surface area contributed by atoms with Gasteiger partial charge < -0.3 is 19.5 Å². The third-order valence-electron chi connectivity index (χ3n) is 3.33.